The average molecular weight is 305 g/mol. The van der Waals surface area contributed by atoms with E-state index in [1.54, 1.807) is 26.0 Å². The largest absolute Gasteiger partial charge is 0.480 e. The number of carboxylic acid groups (broad SMARTS) is 1. The van der Waals surface area contributed by atoms with Gasteiger partial charge in [-0.3, -0.25) is 4.79 Å². The number of benzene rings is 1. The lowest BCUT2D eigenvalue weighted by Gasteiger charge is -2.17. The van der Waals surface area contributed by atoms with E-state index in [4.69, 9.17) is 9.15 Å². The molecule has 0 aliphatic heterocycles. The maximum Gasteiger partial charge on any atom is 0.326 e. The minimum absolute atomic E-state index is 0.0925. The van der Waals surface area contributed by atoms with Crippen LogP contribution in [0.4, 0.5) is 0 Å². The number of carbonyl (C=O) groups excluding carboxylic acids is 1. The van der Waals surface area contributed by atoms with Crippen molar-refractivity contribution in [1.29, 1.82) is 0 Å². The van der Waals surface area contributed by atoms with Gasteiger partial charge in [0.1, 0.15) is 11.6 Å². The molecule has 1 aromatic heterocycles. The quantitative estimate of drug-likeness (QED) is 0.855. The van der Waals surface area contributed by atoms with E-state index >= 15 is 0 Å². The number of rotatable bonds is 6. The molecule has 2 rings (SSSR count). The van der Waals surface area contributed by atoms with Gasteiger partial charge in [0.25, 0.3) is 5.91 Å². The van der Waals surface area contributed by atoms with Gasteiger partial charge in [0.2, 0.25) is 0 Å². The van der Waals surface area contributed by atoms with Gasteiger partial charge in [0.05, 0.1) is 6.61 Å². The normalized spacial score (nSPS) is 12.5. The van der Waals surface area contributed by atoms with Crippen LogP contribution in [-0.4, -0.2) is 30.1 Å². The number of nitrogens with one attached hydrogen (secondary N) is 1. The Morgan fingerprint density at radius 3 is 2.59 bits per heavy atom. The first-order chi connectivity index (χ1) is 10.5. The van der Waals surface area contributed by atoms with E-state index in [-0.39, 0.29) is 18.3 Å². The second kappa shape index (κ2) is 6.62. The molecule has 0 aliphatic carbocycles. The first-order valence-corrected chi connectivity index (χ1v) is 6.98. The third-order valence-corrected chi connectivity index (χ3v) is 3.41. The Bertz CT molecular complexity index is 689. The van der Waals surface area contributed by atoms with E-state index in [1.807, 2.05) is 12.1 Å². The fraction of sp³-hybridized carbons (Fsp3) is 0.375. The Morgan fingerprint density at radius 2 is 2.00 bits per heavy atom. The predicted octanol–water partition coefficient (Wildman–Crippen LogP) is 2.42. The SMILES string of the molecule is COCc1c(C(=O)N[C@@H](C(=O)O)C(C)C)oc2ccccc12. The van der Waals surface area contributed by atoms with Gasteiger partial charge in [0.15, 0.2) is 5.76 Å². The van der Waals surface area contributed by atoms with Crippen molar-refractivity contribution in [3.8, 4) is 0 Å². The summed E-state index contributed by atoms with van der Waals surface area (Å²) in [6.07, 6.45) is 0. The third kappa shape index (κ3) is 3.12. The minimum atomic E-state index is -1.08. The van der Waals surface area contributed by atoms with Crippen LogP contribution in [0.25, 0.3) is 11.0 Å². The van der Waals surface area contributed by atoms with Gasteiger partial charge < -0.3 is 19.6 Å². The molecule has 118 valence electrons. The summed E-state index contributed by atoms with van der Waals surface area (Å²) in [6, 6.07) is 6.25. The van der Waals surface area contributed by atoms with E-state index in [0.717, 1.165) is 5.39 Å². The number of furan rings is 1. The van der Waals surface area contributed by atoms with Crippen molar-refractivity contribution in [3.63, 3.8) is 0 Å². The molecule has 6 heteroatoms. The summed E-state index contributed by atoms with van der Waals surface area (Å²) >= 11 is 0. The molecule has 6 nitrogen and oxygen atoms in total. The predicted molar refractivity (Wildman–Crippen MR) is 80.7 cm³/mol. The molecular weight excluding hydrogens is 286 g/mol. The number of aliphatic carboxylic acids is 1. The van der Waals surface area contributed by atoms with Gasteiger partial charge in [-0.2, -0.15) is 0 Å². The summed E-state index contributed by atoms with van der Waals surface area (Å²) in [5.74, 6) is -1.77. The molecule has 0 fully saturated rings. The Hall–Kier alpha value is -2.34. The number of carboxylic acids is 1. The van der Waals surface area contributed by atoms with Crippen LogP contribution in [0.15, 0.2) is 28.7 Å². The molecule has 0 aliphatic rings. The van der Waals surface area contributed by atoms with Crippen LogP contribution in [-0.2, 0) is 16.1 Å². The first kappa shape index (κ1) is 16.0. The zero-order valence-corrected chi connectivity index (χ0v) is 12.8. The standard InChI is InChI=1S/C16H19NO5/c1-9(2)13(16(19)20)17-15(18)14-11(8-21-3)10-6-4-5-7-12(10)22-14/h4-7,9,13H,8H2,1-3H3,(H,17,18)(H,19,20)/t13-/m1/s1. The minimum Gasteiger partial charge on any atom is -0.480 e. The summed E-state index contributed by atoms with van der Waals surface area (Å²) in [4.78, 5) is 23.6. The molecule has 0 unspecified atom stereocenters. The summed E-state index contributed by atoms with van der Waals surface area (Å²) < 4.78 is 10.7. The number of amides is 1. The molecule has 2 N–H and O–H groups in total. The van der Waals surface area contributed by atoms with E-state index < -0.39 is 17.9 Å². The Balaban J connectivity index is 2.38. The summed E-state index contributed by atoms with van der Waals surface area (Å²) in [5.41, 5.74) is 1.18. The van der Waals surface area contributed by atoms with Crippen molar-refractivity contribution < 1.29 is 23.8 Å². The van der Waals surface area contributed by atoms with E-state index in [2.05, 4.69) is 5.32 Å². The summed E-state index contributed by atoms with van der Waals surface area (Å²) in [6.45, 7) is 3.67. The lowest BCUT2D eigenvalue weighted by molar-refractivity contribution is -0.140. The molecule has 1 atom stereocenters. The first-order valence-electron chi connectivity index (χ1n) is 6.98. The number of fused-ring (bicyclic) bond motifs is 1. The van der Waals surface area contributed by atoms with Crippen LogP contribution in [0.3, 0.4) is 0 Å². The fourth-order valence-corrected chi connectivity index (χ4v) is 2.29. The van der Waals surface area contributed by atoms with Crippen LogP contribution >= 0.6 is 0 Å². The number of para-hydroxylation sites is 1. The highest BCUT2D eigenvalue weighted by atomic mass is 16.5. The molecule has 1 heterocycles. The average Bonchev–Trinajstić information content (AvgIpc) is 2.83. The Morgan fingerprint density at radius 1 is 1.32 bits per heavy atom. The zero-order valence-electron chi connectivity index (χ0n) is 12.8. The molecule has 22 heavy (non-hydrogen) atoms. The number of hydrogen-bond donors (Lipinski definition) is 2. The van der Waals surface area contributed by atoms with E-state index in [0.29, 0.717) is 11.1 Å². The van der Waals surface area contributed by atoms with Gasteiger partial charge in [-0.15, -0.1) is 0 Å². The van der Waals surface area contributed by atoms with Crippen molar-refractivity contribution in [2.24, 2.45) is 5.92 Å². The molecule has 0 radical (unpaired) electrons. The molecule has 1 amide bonds. The monoisotopic (exact) mass is 305 g/mol. The van der Waals surface area contributed by atoms with Gasteiger partial charge >= 0.3 is 5.97 Å². The molecule has 1 aromatic carbocycles. The van der Waals surface area contributed by atoms with Gasteiger partial charge in [-0.1, -0.05) is 32.0 Å². The van der Waals surface area contributed by atoms with Gasteiger partial charge in [-0.05, 0) is 12.0 Å². The highest BCUT2D eigenvalue weighted by molar-refractivity contribution is 6.00. The molecule has 0 saturated heterocycles. The highest BCUT2D eigenvalue weighted by Crippen LogP contribution is 2.26. The van der Waals surface area contributed by atoms with Crippen LogP contribution in [0, 0.1) is 5.92 Å². The number of carbonyl (C=O) groups is 2. The number of hydrogen-bond acceptors (Lipinski definition) is 4. The summed E-state index contributed by atoms with van der Waals surface area (Å²) in [7, 11) is 1.53. The van der Waals surface area contributed by atoms with Crippen LogP contribution in [0.5, 0.6) is 0 Å². The second-order valence-corrected chi connectivity index (χ2v) is 5.37. The molecule has 0 saturated carbocycles. The molecule has 2 aromatic rings. The molecule has 0 spiro atoms. The van der Waals surface area contributed by atoms with E-state index in [1.165, 1.54) is 7.11 Å². The fourth-order valence-electron chi connectivity index (χ4n) is 2.29. The van der Waals surface area contributed by atoms with Gasteiger partial charge in [-0.25, -0.2) is 4.79 Å². The summed E-state index contributed by atoms with van der Waals surface area (Å²) in [5, 5.41) is 12.5. The number of ether oxygens (including phenoxy) is 1. The van der Waals surface area contributed by atoms with E-state index in [9.17, 15) is 14.7 Å². The van der Waals surface area contributed by atoms with Crippen molar-refractivity contribution in [3.05, 3.63) is 35.6 Å². The lowest BCUT2D eigenvalue weighted by atomic mass is 10.0. The highest BCUT2D eigenvalue weighted by Gasteiger charge is 2.27. The Labute approximate surface area is 128 Å². The van der Waals surface area contributed by atoms with Crippen molar-refractivity contribution in [2.45, 2.75) is 26.5 Å². The lowest BCUT2D eigenvalue weighted by Crippen LogP contribution is -2.44. The maximum absolute atomic E-state index is 12.4. The van der Waals surface area contributed by atoms with Gasteiger partial charge in [0, 0.05) is 18.1 Å². The maximum atomic E-state index is 12.4. The molecular formula is C16H19NO5. The zero-order chi connectivity index (χ0) is 16.3. The third-order valence-electron chi connectivity index (χ3n) is 3.41. The van der Waals surface area contributed by atoms with Crippen LogP contribution in [0.1, 0.15) is 30.0 Å². The van der Waals surface area contributed by atoms with Crippen molar-refractivity contribution >= 4 is 22.8 Å². The van der Waals surface area contributed by atoms with Crippen molar-refractivity contribution in [1.82, 2.24) is 5.32 Å². The van der Waals surface area contributed by atoms with Crippen molar-refractivity contribution in [2.75, 3.05) is 7.11 Å². The second-order valence-electron chi connectivity index (χ2n) is 5.37. The smallest absolute Gasteiger partial charge is 0.326 e. The van der Waals surface area contributed by atoms with Crippen LogP contribution in [0.2, 0.25) is 0 Å². The Kier molecular flexibility index (Phi) is 4.82. The number of methoxy groups -OCH3 is 1. The molecule has 0 bridgehead atoms. The topological polar surface area (TPSA) is 88.8 Å². The van der Waals surface area contributed by atoms with Crippen LogP contribution < -0.4 is 5.32 Å².